The lowest BCUT2D eigenvalue weighted by atomic mass is 10.0. The molecule has 0 aliphatic carbocycles. The highest BCUT2D eigenvalue weighted by Gasteiger charge is 2.64. The standard InChI is InChI=1S/C11H9ClF3N3O2/c1-10(11(13,14)15)8(19)18(9(20)17-10)5-6-3-2-4-7(12)16-6/h2-4H,5H2,1H3,(H,17,20). The molecule has 0 aromatic carbocycles. The summed E-state index contributed by atoms with van der Waals surface area (Å²) in [6.07, 6.45) is -4.88. The molecule has 1 atom stereocenters. The molecule has 1 N–H and O–H groups in total. The van der Waals surface area contributed by atoms with Crippen LogP contribution in [0.25, 0.3) is 0 Å². The van der Waals surface area contributed by atoms with Crippen LogP contribution in [0.5, 0.6) is 0 Å². The van der Waals surface area contributed by atoms with Crippen molar-refractivity contribution in [1.29, 1.82) is 0 Å². The molecule has 1 saturated heterocycles. The Labute approximate surface area is 116 Å². The maximum Gasteiger partial charge on any atom is 0.420 e. The first-order valence-corrected chi connectivity index (χ1v) is 5.85. The molecule has 9 heteroatoms. The van der Waals surface area contributed by atoms with Crippen molar-refractivity contribution in [2.45, 2.75) is 25.2 Å². The predicted molar refractivity (Wildman–Crippen MR) is 62.8 cm³/mol. The first-order chi connectivity index (χ1) is 9.15. The lowest BCUT2D eigenvalue weighted by molar-refractivity contribution is -0.191. The Hall–Kier alpha value is -1.83. The lowest BCUT2D eigenvalue weighted by Crippen LogP contribution is -2.56. The van der Waals surface area contributed by atoms with Crippen LogP contribution >= 0.6 is 11.6 Å². The minimum absolute atomic E-state index is 0.119. The number of carbonyl (C=O) groups is 2. The summed E-state index contributed by atoms with van der Waals surface area (Å²) in [7, 11) is 0. The lowest BCUT2D eigenvalue weighted by Gasteiger charge is -2.24. The number of alkyl halides is 3. The van der Waals surface area contributed by atoms with Gasteiger partial charge in [0.1, 0.15) is 5.15 Å². The largest absolute Gasteiger partial charge is 0.420 e. The number of halogens is 4. The van der Waals surface area contributed by atoms with Crippen molar-refractivity contribution in [3.05, 3.63) is 29.0 Å². The van der Waals surface area contributed by atoms with Crippen molar-refractivity contribution in [1.82, 2.24) is 15.2 Å². The SMILES string of the molecule is CC1(C(F)(F)F)NC(=O)N(Cc2cccc(Cl)n2)C1=O. The fraction of sp³-hybridized carbons (Fsp3) is 0.364. The minimum atomic E-state index is -4.88. The summed E-state index contributed by atoms with van der Waals surface area (Å²) < 4.78 is 38.5. The molecular weight excluding hydrogens is 299 g/mol. The van der Waals surface area contributed by atoms with E-state index in [0.717, 1.165) is 0 Å². The molecule has 2 heterocycles. The van der Waals surface area contributed by atoms with Gasteiger partial charge >= 0.3 is 12.2 Å². The first kappa shape index (κ1) is 14.6. The molecule has 0 saturated carbocycles. The van der Waals surface area contributed by atoms with Crippen molar-refractivity contribution in [2.75, 3.05) is 0 Å². The van der Waals surface area contributed by atoms with Gasteiger partial charge in [0.05, 0.1) is 12.2 Å². The van der Waals surface area contributed by atoms with Crippen molar-refractivity contribution < 1.29 is 22.8 Å². The maximum absolute atomic E-state index is 12.8. The van der Waals surface area contributed by atoms with Crippen molar-refractivity contribution in [2.24, 2.45) is 0 Å². The van der Waals surface area contributed by atoms with Crippen LogP contribution in [0.2, 0.25) is 5.15 Å². The molecule has 1 fully saturated rings. The topological polar surface area (TPSA) is 62.3 Å². The summed E-state index contributed by atoms with van der Waals surface area (Å²) in [4.78, 5) is 27.7. The highest BCUT2D eigenvalue weighted by Crippen LogP contribution is 2.35. The van der Waals surface area contributed by atoms with Crippen LogP contribution in [-0.4, -0.2) is 33.5 Å². The molecule has 1 aromatic heterocycles. The molecule has 1 unspecified atom stereocenters. The van der Waals surface area contributed by atoms with Gasteiger partial charge < -0.3 is 5.32 Å². The van der Waals surface area contributed by atoms with Crippen LogP contribution in [0, 0.1) is 0 Å². The summed E-state index contributed by atoms with van der Waals surface area (Å²) >= 11 is 5.64. The molecule has 2 rings (SSSR count). The molecule has 0 bridgehead atoms. The van der Waals surface area contributed by atoms with E-state index in [2.05, 4.69) is 4.98 Å². The van der Waals surface area contributed by atoms with E-state index in [1.165, 1.54) is 18.2 Å². The molecule has 1 aromatic rings. The number of imide groups is 1. The normalized spacial score (nSPS) is 23.1. The maximum atomic E-state index is 12.8. The molecular formula is C11H9ClF3N3O2. The van der Waals surface area contributed by atoms with E-state index in [-0.39, 0.29) is 17.4 Å². The summed E-state index contributed by atoms with van der Waals surface area (Å²) in [5, 5.41) is 1.78. The van der Waals surface area contributed by atoms with Crippen molar-refractivity contribution >= 4 is 23.5 Å². The van der Waals surface area contributed by atoms with Crippen molar-refractivity contribution in [3.8, 4) is 0 Å². The molecule has 5 nitrogen and oxygen atoms in total. The third-order valence-electron chi connectivity index (χ3n) is 2.93. The van der Waals surface area contributed by atoms with E-state index in [1.54, 1.807) is 5.32 Å². The first-order valence-electron chi connectivity index (χ1n) is 5.47. The van der Waals surface area contributed by atoms with E-state index >= 15 is 0 Å². The van der Waals surface area contributed by atoms with Crippen LogP contribution in [0.3, 0.4) is 0 Å². The van der Waals surface area contributed by atoms with Gasteiger partial charge in [-0.3, -0.25) is 9.69 Å². The van der Waals surface area contributed by atoms with Crippen LogP contribution in [0.4, 0.5) is 18.0 Å². The summed E-state index contributed by atoms with van der Waals surface area (Å²) in [5.41, 5.74) is -2.70. The predicted octanol–water partition coefficient (Wildman–Crippen LogP) is 2.11. The Bertz CT molecular complexity index is 578. The third-order valence-corrected chi connectivity index (χ3v) is 3.15. The summed E-state index contributed by atoms with van der Waals surface area (Å²) in [6.45, 7) is 0.246. The fourth-order valence-corrected chi connectivity index (χ4v) is 1.91. The Morgan fingerprint density at radius 2 is 2.05 bits per heavy atom. The number of rotatable bonds is 2. The fourth-order valence-electron chi connectivity index (χ4n) is 1.73. The van der Waals surface area contributed by atoms with Gasteiger partial charge in [-0.15, -0.1) is 0 Å². The molecule has 1 aliphatic heterocycles. The average molecular weight is 308 g/mol. The van der Waals surface area contributed by atoms with Gasteiger partial charge in [-0.05, 0) is 19.1 Å². The molecule has 20 heavy (non-hydrogen) atoms. The number of hydrogen-bond acceptors (Lipinski definition) is 3. The number of hydrogen-bond donors (Lipinski definition) is 1. The van der Waals surface area contributed by atoms with Gasteiger partial charge in [0.15, 0.2) is 0 Å². The van der Waals surface area contributed by atoms with E-state index in [1.807, 2.05) is 0 Å². The quantitative estimate of drug-likeness (QED) is 0.672. The van der Waals surface area contributed by atoms with E-state index in [9.17, 15) is 22.8 Å². The molecule has 108 valence electrons. The second-order valence-corrected chi connectivity index (χ2v) is 4.78. The van der Waals surface area contributed by atoms with Crippen LogP contribution in [0.1, 0.15) is 12.6 Å². The van der Waals surface area contributed by atoms with Gasteiger partial charge in [0.25, 0.3) is 5.91 Å². The van der Waals surface area contributed by atoms with Crippen LogP contribution in [0.15, 0.2) is 18.2 Å². The zero-order valence-corrected chi connectivity index (χ0v) is 10.9. The van der Waals surface area contributed by atoms with Gasteiger partial charge in [0.2, 0.25) is 5.54 Å². The van der Waals surface area contributed by atoms with Gasteiger partial charge in [-0.2, -0.15) is 13.2 Å². The number of nitrogens with zero attached hydrogens (tertiary/aromatic N) is 2. The Morgan fingerprint density at radius 1 is 1.40 bits per heavy atom. The van der Waals surface area contributed by atoms with Crippen LogP contribution < -0.4 is 5.32 Å². The molecule has 0 radical (unpaired) electrons. The second kappa shape index (κ2) is 4.62. The number of aromatic nitrogens is 1. The highest BCUT2D eigenvalue weighted by atomic mass is 35.5. The zero-order valence-electron chi connectivity index (χ0n) is 10.2. The molecule has 1 aliphatic rings. The Balaban J connectivity index is 2.26. The number of pyridine rings is 1. The van der Waals surface area contributed by atoms with Gasteiger partial charge in [-0.1, -0.05) is 17.7 Å². The van der Waals surface area contributed by atoms with Gasteiger partial charge in [0, 0.05) is 0 Å². The molecule has 0 spiro atoms. The van der Waals surface area contributed by atoms with Crippen molar-refractivity contribution in [3.63, 3.8) is 0 Å². The third kappa shape index (κ3) is 2.31. The Morgan fingerprint density at radius 3 is 2.55 bits per heavy atom. The van der Waals surface area contributed by atoms with Crippen LogP contribution in [-0.2, 0) is 11.3 Å². The smallest absolute Gasteiger partial charge is 0.316 e. The van der Waals surface area contributed by atoms with E-state index in [4.69, 9.17) is 11.6 Å². The molecule has 3 amide bonds. The summed E-state index contributed by atoms with van der Waals surface area (Å²) in [5.74, 6) is -1.36. The zero-order chi connectivity index (χ0) is 15.1. The number of nitrogens with one attached hydrogen (secondary N) is 1. The monoisotopic (exact) mass is 307 g/mol. The Kier molecular flexibility index (Phi) is 3.37. The number of carbonyl (C=O) groups excluding carboxylic acids is 2. The van der Waals surface area contributed by atoms with Gasteiger partial charge in [-0.25, -0.2) is 9.78 Å². The van der Waals surface area contributed by atoms with E-state index in [0.29, 0.717) is 11.8 Å². The highest BCUT2D eigenvalue weighted by molar-refractivity contribution is 6.29. The number of urea groups is 1. The van der Waals surface area contributed by atoms with E-state index < -0.39 is 23.7 Å². The average Bonchev–Trinajstić information content (AvgIpc) is 2.53. The summed E-state index contributed by atoms with van der Waals surface area (Å²) in [6, 6.07) is 3.33. The minimum Gasteiger partial charge on any atom is -0.316 e. The number of amides is 3. The second-order valence-electron chi connectivity index (χ2n) is 4.40.